The van der Waals surface area contributed by atoms with Gasteiger partial charge in [-0.15, -0.1) is 0 Å². The second-order valence-electron chi connectivity index (χ2n) is 7.10. The van der Waals surface area contributed by atoms with E-state index in [4.69, 9.17) is 13.9 Å². The lowest BCUT2D eigenvalue weighted by molar-refractivity contribution is 0.0598. The summed E-state index contributed by atoms with van der Waals surface area (Å²) in [6.07, 6.45) is 1.96. The van der Waals surface area contributed by atoms with Crippen molar-refractivity contribution in [1.29, 1.82) is 0 Å². The molecule has 0 saturated carbocycles. The predicted molar refractivity (Wildman–Crippen MR) is 121 cm³/mol. The number of nitrogens with zero attached hydrogens (tertiary/aromatic N) is 1. The minimum absolute atomic E-state index is 0.200. The van der Waals surface area contributed by atoms with Crippen molar-refractivity contribution in [3.05, 3.63) is 82.7 Å². The summed E-state index contributed by atoms with van der Waals surface area (Å²) in [6.45, 7) is 4.62. The highest BCUT2D eigenvalue weighted by Crippen LogP contribution is 2.24. The number of rotatable bonds is 12. The number of ether oxygens (including phenoxy) is 2. The molecule has 1 N–H and O–H groups in total. The molecule has 0 fully saturated rings. The smallest absolute Gasteiger partial charge is 0.133 e. The lowest BCUT2D eigenvalue weighted by Gasteiger charge is -2.25. The van der Waals surface area contributed by atoms with Gasteiger partial charge in [-0.25, -0.2) is 0 Å². The maximum Gasteiger partial charge on any atom is 0.133 e. The third kappa shape index (κ3) is 6.90. The van der Waals surface area contributed by atoms with Gasteiger partial charge in [0.2, 0.25) is 0 Å². The maximum atomic E-state index is 10.6. The summed E-state index contributed by atoms with van der Waals surface area (Å²) in [5.41, 5.74) is 1.08. The van der Waals surface area contributed by atoms with Crippen LogP contribution < -0.4 is 9.47 Å². The summed E-state index contributed by atoms with van der Waals surface area (Å²) >= 11 is 3.47. The molecular weight excluding hydrogens is 446 g/mol. The summed E-state index contributed by atoms with van der Waals surface area (Å²) in [6, 6.07) is 19.5. The summed E-state index contributed by atoms with van der Waals surface area (Å²) < 4.78 is 18.1. The zero-order chi connectivity index (χ0) is 21.2. The molecule has 0 radical (unpaired) electrons. The van der Waals surface area contributed by atoms with Crippen LogP contribution in [-0.2, 0) is 13.1 Å². The van der Waals surface area contributed by atoms with E-state index >= 15 is 0 Å². The van der Waals surface area contributed by atoms with E-state index in [1.54, 1.807) is 6.26 Å². The van der Waals surface area contributed by atoms with Gasteiger partial charge < -0.3 is 19.0 Å². The van der Waals surface area contributed by atoms with Gasteiger partial charge in [0, 0.05) is 18.7 Å². The van der Waals surface area contributed by atoms with Crippen LogP contribution in [0.3, 0.4) is 0 Å². The van der Waals surface area contributed by atoms with Crippen LogP contribution in [0, 0.1) is 0 Å². The highest BCUT2D eigenvalue weighted by atomic mass is 79.9. The molecule has 160 valence electrons. The minimum atomic E-state index is -0.657. The van der Waals surface area contributed by atoms with Gasteiger partial charge in [0.1, 0.15) is 30.0 Å². The molecule has 1 atom stereocenters. The Kier molecular flexibility index (Phi) is 8.81. The quantitative estimate of drug-likeness (QED) is 0.388. The summed E-state index contributed by atoms with van der Waals surface area (Å²) in [7, 11) is 0. The standard InChI is InChI=1S/C24H28BrNO4/c1-2-13-29-23-11-5-3-8-19(23)15-26(17-21-9-7-14-28-21)16-20(27)18-30-24-12-6-4-10-22(24)25/h3-12,14,20,27H,2,13,15-18H2,1H3. The van der Waals surface area contributed by atoms with Gasteiger partial charge in [-0.05, 0) is 52.7 Å². The van der Waals surface area contributed by atoms with Gasteiger partial charge in [-0.3, -0.25) is 4.90 Å². The number of aliphatic hydroxyl groups is 1. The van der Waals surface area contributed by atoms with Crippen molar-refractivity contribution < 1.29 is 19.0 Å². The SMILES string of the molecule is CCCOc1ccccc1CN(Cc1ccco1)CC(O)COc1ccccc1Br. The van der Waals surface area contributed by atoms with Crippen LogP contribution in [0.2, 0.25) is 0 Å². The van der Waals surface area contributed by atoms with E-state index < -0.39 is 6.10 Å². The van der Waals surface area contributed by atoms with Crippen LogP contribution in [0.15, 0.2) is 75.8 Å². The number of hydrogen-bond acceptors (Lipinski definition) is 5. The Morgan fingerprint density at radius 3 is 2.47 bits per heavy atom. The van der Waals surface area contributed by atoms with Gasteiger partial charge in [0.25, 0.3) is 0 Å². The number of furan rings is 1. The number of benzene rings is 2. The topological polar surface area (TPSA) is 55.1 Å². The largest absolute Gasteiger partial charge is 0.493 e. The van der Waals surface area contributed by atoms with Crippen molar-refractivity contribution in [2.24, 2.45) is 0 Å². The van der Waals surface area contributed by atoms with Gasteiger partial charge >= 0.3 is 0 Å². The molecule has 2 aromatic carbocycles. The summed E-state index contributed by atoms with van der Waals surface area (Å²) in [5.74, 6) is 2.44. The number of halogens is 1. The van der Waals surface area contributed by atoms with Crippen LogP contribution in [0.1, 0.15) is 24.7 Å². The highest BCUT2D eigenvalue weighted by Gasteiger charge is 2.17. The van der Waals surface area contributed by atoms with Crippen molar-refractivity contribution in [1.82, 2.24) is 4.90 Å². The third-order valence-electron chi connectivity index (χ3n) is 4.52. The Hall–Kier alpha value is -2.28. The van der Waals surface area contributed by atoms with Crippen molar-refractivity contribution in [2.45, 2.75) is 32.5 Å². The monoisotopic (exact) mass is 473 g/mol. The molecule has 1 aromatic heterocycles. The molecule has 1 heterocycles. The van der Waals surface area contributed by atoms with Crippen LogP contribution in [0.5, 0.6) is 11.5 Å². The molecule has 0 aliphatic heterocycles. The Morgan fingerprint density at radius 2 is 1.73 bits per heavy atom. The van der Waals surface area contributed by atoms with E-state index in [-0.39, 0.29) is 6.61 Å². The summed E-state index contributed by atoms with van der Waals surface area (Å²) in [5, 5.41) is 10.6. The Bertz CT molecular complexity index is 884. The fraction of sp³-hybridized carbons (Fsp3) is 0.333. The fourth-order valence-corrected chi connectivity index (χ4v) is 3.53. The first-order chi connectivity index (χ1) is 14.7. The molecule has 3 rings (SSSR count). The lowest BCUT2D eigenvalue weighted by atomic mass is 10.1. The molecule has 0 aliphatic rings. The van der Waals surface area contributed by atoms with Crippen molar-refractivity contribution in [3.8, 4) is 11.5 Å². The van der Waals surface area contributed by atoms with Crippen LogP contribution in [0.25, 0.3) is 0 Å². The number of hydrogen-bond donors (Lipinski definition) is 1. The van der Waals surface area contributed by atoms with E-state index in [0.717, 1.165) is 28.0 Å². The average molecular weight is 474 g/mol. The molecule has 3 aromatic rings. The van der Waals surface area contributed by atoms with E-state index in [0.29, 0.717) is 32.0 Å². The fourth-order valence-electron chi connectivity index (χ4n) is 3.13. The number of aliphatic hydroxyl groups excluding tert-OH is 1. The Morgan fingerprint density at radius 1 is 0.967 bits per heavy atom. The highest BCUT2D eigenvalue weighted by molar-refractivity contribution is 9.10. The van der Waals surface area contributed by atoms with Crippen LogP contribution >= 0.6 is 15.9 Å². The summed E-state index contributed by atoms with van der Waals surface area (Å²) in [4.78, 5) is 2.14. The Labute approximate surface area is 186 Å². The molecule has 0 bridgehead atoms. The first-order valence-corrected chi connectivity index (χ1v) is 11.0. The van der Waals surface area contributed by atoms with Crippen molar-refractivity contribution >= 4 is 15.9 Å². The van der Waals surface area contributed by atoms with E-state index in [1.807, 2.05) is 54.6 Å². The van der Waals surface area contributed by atoms with Gasteiger partial charge in [0.05, 0.1) is 23.9 Å². The van der Waals surface area contributed by atoms with Crippen molar-refractivity contribution in [2.75, 3.05) is 19.8 Å². The second kappa shape index (κ2) is 11.8. The zero-order valence-electron chi connectivity index (χ0n) is 17.2. The average Bonchev–Trinajstić information content (AvgIpc) is 3.25. The first kappa shape index (κ1) is 22.4. The Balaban J connectivity index is 1.66. The van der Waals surface area contributed by atoms with Crippen LogP contribution in [0.4, 0.5) is 0 Å². The van der Waals surface area contributed by atoms with Crippen LogP contribution in [-0.4, -0.2) is 35.9 Å². The molecule has 30 heavy (non-hydrogen) atoms. The van der Waals surface area contributed by atoms with Gasteiger partial charge in [-0.2, -0.15) is 0 Å². The molecular formula is C24H28BrNO4. The maximum absolute atomic E-state index is 10.6. The normalized spacial score (nSPS) is 12.1. The van der Waals surface area contributed by atoms with Crippen molar-refractivity contribution in [3.63, 3.8) is 0 Å². The molecule has 6 heteroatoms. The molecule has 0 spiro atoms. The van der Waals surface area contributed by atoms with E-state index in [1.165, 1.54) is 0 Å². The zero-order valence-corrected chi connectivity index (χ0v) is 18.8. The third-order valence-corrected chi connectivity index (χ3v) is 5.18. The van der Waals surface area contributed by atoms with E-state index in [2.05, 4.69) is 33.8 Å². The lowest BCUT2D eigenvalue weighted by Crippen LogP contribution is -2.35. The molecule has 5 nitrogen and oxygen atoms in total. The minimum Gasteiger partial charge on any atom is -0.493 e. The molecule has 0 aliphatic carbocycles. The van der Waals surface area contributed by atoms with Gasteiger partial charge in [0.15, 0.2) is 0 Å². The molecule has 0 saturated heterocycles. The molecule has 1 unspecified atom stereocenters. The molecule has 0 amide bonds. The van der Waals surface area contributed by atoms with Gasteiger partial charge in [-0.1, -0.05) is 37.3 Å². The number of para-hydroxylation sites is 2. The van der Waals surface area contributed by atoms with E-state index in [9.17, 15) is 5.11 Å². The predicted octanol–water partition coefficient (Wildman–Crippen LogP) is 5.27. The second-order valence-corrected chi connectivity index (χ2v) is 7.95. The first-order valence-electron chi connectivity index (χ1n) is 10.2.